The van der Waals surface area contributed by atoms with Gasteiger partial charge in [-0.3, -0.25) is 0 Å². The Hall–Kier alpha value is -4.20. The van der Waals surface area contributed by atoms with Crippen molar-refractivity contribution in [1.82, 2.24) is 15.0 Å². The zero-order chi connectivity index (χ0) is 22.2. The second kappa shape index (κ2) is 7.81. The van der Waals surface area contributed by atoms with Crippen LogP contribution in [0.2, 0.25) is 0 Å². The number of nitrogens with two attached hydrogens (primary N) is 2. The first-order chi connectivity index (χ1) is 15.6. The molecule has 2 aromatic carbocycles. The molecule has 0 fully saturated rings. The van der Waals surface area contributed by atoms with E-state index in [2.05, 4.69) is 27.1 Å². The summed E-state index contributed by atoms with van der Waals surface area (Å²) in [7, 11) is 3.20. The minimum absolute atomic E-state index is 0.146. The fourth-order valence-corrected chi connectivity index (χ4v) is 4.08. The van der Waals surface area contributed by atoms with Crippen LogP contribution >= 0.6 is 0 Å². The second-order valence-corrected chi connectivity index (χ2v) is 7.58. The summed E-state index contributed by atoms with van der Waals surface area (Å²) >= 11 is 0. The lowest BCUT2D eigenvalue weighted by atomic mass is 10.0. The number of aromatic amines is 1. The van der Waals surface area contributed by atoms with Crippen molar-refractivity contribution < 1.29 is 13.9 Å². The summed E-state index contributed by atoms with van der Waals surface area (Å²) in [5, 5.41) is 2.10. The summed E-state index contributed by atoms with van der Waals surface area (Å²) in [6.45, 7) is 0. The maximum Gasteiger partial charge on any atom is 0.221 e. The zero-order valence-corrected chi connectivity index (χ0v) is 17.8. The molecule has 0 aliphatic heterocycles. The van der Waals surface area contributed by atoms with E-state index in [0.29, 0.717) is 35.7 Å². The largest absolute Gasteiger partial charge is 0.493 e. The van der Waals surface area contributed by atoms with Crippen LogP contribution in [0.5, 0.6) is 11.5 Å². The topological polar surface area (TPSA) is 125 Å². The first-order valence-corrected chi connectivity index (χ1v) is 10.2. The molecule has 0 aliphatic carbocycles. The second-order valence-electron chi connectivity index (χ2n) is 7.58. The van der Waals surface area contributed by atoms with Gasteiger partial charge in [-0.2, -0.15) is 4.98 Å². The first kappa shape index (κ1) is 19.7. The average Bonchev–Trinajstić information content (AvgIpc) is 3.40. The Balaban J connectivity index is 1.61. The van der Waals surface area contributed by atoms with Gasteiger partial charge in [-0.15, -0.1) is 0 Å². The van der Waals surface area contributed by atoms with Gasteiger partial charge in [-0.05, 0) is 29.3 Å². The van der Waals surface area contributed by atoms with Gasteiger partial charge in [0.1, 0.15) is 11.6 Å². The molecular weight excluding hydrogens is 406 g/mol. The molecule has 3 aromatic heterocycles. The van der Waals surface area contributed by atoms with Crippen LogP contribution in [-0.4, -0.2) is 29.2 Å². The molecule has 0 radical (unpaired) electrons. The van der Waals surface area contributed by atoms with Crippen molar-refractivity contribution in [2.75, 3.05) is 25.7 Å². The van der Waals surface area contributed by atoms with Gasteiger partial charge in [-0.25, -0.2) is 4.98 Å². The Morgan fingerprint density at radius 2 is 1.81 bits per heavy atom. The number of furan rings is 1. The van der Waals surface area contributed by atoms with Crippen LogP contribution in [0.1, 0.15) is 22.5 Å². The average molecular weight is 429 g/mol. The number of nitrogen functional groups attached to an aromatic ring is 2. The Morgan fingerprint density at radius 3 is 2.59 bits per heavy atom. The lowest BCUT2D eigenvalue weighted by Gasteiger charge is -2.12. The van der Waals surface area contributed by atoms with Crippen LogP contribution in [0.3, 0.4) is 0 Å². The molecule has 0 bridgehead atoms. The standard InChI is InChI=1S/C24H23N5O3/c1-30-20-9-13(7-15-12-28-24(26)29-23(15)25)18-10-16(32-21(18)22(20)31-2)8-14-11-27-19-6-4-3-5-17(14)19/h3-6,9-12,27H,7-8H2,1-2H3,(H4,25,26,28,29). The molecule has 0 amide bonds. The number of H-pyrrole nitrogens is 1. The Labute approximate surface area is 184 Å². The predicted molar refractivity (Wildman–Crippen MR) is 124 cm³/mol. The maximum absolute atomic E-state index is 6.28. The lowest BCUT2D eigenvalue weighted by molar-refractivity contribution is 0.352. The summed E-state index contributed by atoms with van der Waals surface area (Å²) in [4.78, 5) is 11.5. The molecule has 0 atom stereocenters. The first-order valence-electron chi connectivity index (χ1n) is 10.2. The molecule has 0 aliphatic rings. The van der Waals surface area contributed by atoms with Crippen molar-refractivity contribution in [3.8, 4) is 11.5 Å². The number of ether oxygens (including phenoxy) is 2. The molecule has 5 rings (SSSR count). The smallest absolute Gasteiger partial charge is 0.221 e. The van der Waals surface area contributed by atoms with Crippen molar-refractivity contribution in [1.29, 1.82) is 0 Å². The molecule has 8 heteroatoms. The van der Waals surface area contributed by atoms with Gasteiger partial charge >= 0.3 is 0 Å². The number of rotatable bonds is 6. The van der Waals surface area contributed by atoms with Crippen LogP contribution in [0, 0.1) is 0 Å². The quantitative estimate of drug-likeness (QED) is 0.371. The number of nitrogens with one attached hydrogen (secondary N) is 1. The van der Waals surface area contributed by atoms with Crippen LogP contribution < -0.4 is 20.9 Å². The zero-order valence-electron chi connectivity index (χ0n) is 17.8. The monoisotopic (exact) mass is 429 g/mol. The molecule has 3 heterocycles. The molecule has 0 unspecified atom stereocenters. The SMILES string of the molecule is COc1cc(Cc2cnc(N)nc2N)c2cc(Cc3c[nH]c4ccccc34)oc2c1OC. The number of hydrogen-bond acceptors (Lipinski definition) is 7. The third-order valence-electron chi connectivity index (χ3n) is 5.63. The van der Waals surface area contributed by atoms with E-state index in [-0.39, 0.29) is 5.95 Å². The van der Waals surface area contributed by atoms with Crippen LogP contribution in [-0.2, 0) is 12.8 Å². The van der Waals surface area contributed by atoms with E-state index in [9.17, 15) is 0 Å². The van der Waals surface area contributed by atoms with Gasteiger partial charge in [0.2, 0.25) is 11.7 Å². The van der Waals surface area contributed by atoms with Gasteiger partial charge < -0.3 is 30.3 Å². The fraction of sp³-hybridized carbons (Fsp3) is 0.167. The number of anilines is 2. The molecule has 0 spiro atoms. The summed E-state index contributed by atoms with van der Waals surface area (Å²) in [5.74, 6) is 2.45. The number of aromatic nitrogens is 3. The molecule has 32 heavy (non-hydrogen) atoms. The minimum Gasteiger partial charge on any atom is -0.493 e. The van der Waals surface area contributed by atoms with Crippen LogP contribution in [0.15, 0.2) is 53.2 Å². The van der Waals surface area contributed by atoms with E-state index in [1.807, 2.05) is 30.5 Å². The van der Waals surface area contributed by atoms with E-state index in [1.165, 1.54) is 5.39 Å². The van der Waals surface area contributed by atoms with Crippen LogP contribution in [0.25, 0.3) is 21.9 Å². The van der Waals surface area contributed by atoms with Crippen molar-refractivity contribution >= 4 is 33.6 Å². The summed E-state index contributed by atoms with van der Waals surface area (Å²) in [6.07, 6.45) is 4.79. The van der Waals surface area contributed by atoms with E-state index in [4.69, 9.17) is 25.4 Å². The van der Waals surface area contributed by atoms with Crippen molar-refractivity contribution in [2.45, 2.75) is 12.8 Å². The summed E-state index contributed by atoms with van der Waals surface area (Å²) in [6, 6.07) is 12.2. The Kier molecular flexibility index (Phi) is 4.82. The molecule has 5 aromatic rings. The highest BCUT2D eigenvalue weighted by Crippen LogP contribution is 2.41. The van der Waals surface area contributed by atoms with Crippen molar-refractivity contribution in [2.24, 2.45) is 0 Å². The number of hydrogen-bond donors (Lipinski definition) is 3. The molecule has 0 saturated heterocycles. The highest BCUT2D eigenvalue weighted by Gasteiger charge is 2.20. The van der Waals surface area contributed by atoms with Gasteiger partial charge in [0.25, 0.3) is 0 Å². The van der Waals surface area contributed by atoms with Gasteiger partial charge in [0.15, 0.2) is 11.3 Å². The molecule has 5 N–H and O–H groups in total. The number of benzene rings is 2. The van der Waals surface area contributed by atoms with E-state index in [0.717, 1.165) is 33.4 Å². The van der Waals surface area contributed by atoms with Crippen molar-refractivity contribution in [3.63, 3.8) is 0 Å². The third kappa shape index (κ3) is 3.35. The highest BCUT2D eigenvalue weighted by molar-refractivity contribution is 5.90. The van der Waals surface area contributed by atoms with Crippen molar-refractivity contribution in [3.05, 3.63) is 71.2 Å². The fourth-order valence-electron chi connectivity index (χ4n) is 4.08. The Bertz CT molecular complexity index is 1440. The van der Waals surface area contributed by atoms with E-state index < -0.39 is 0 Å². The summed E-state index contributed by atoms with van der Waals surface area (Å²) < 4.78 is 17.5. The van der Waals surface area contributed by atoms with Gasteiger partial charge in [0, 0.05) is 47.1 Å². The maximum atomic E-state index is 6.28. The normalized spacial score (nSPS) is 11.3. The minimum atomic E-state index is 0.146. The van der Waals surface area contributed by atoms with Gasteiger partial charge in [0.05, 0.1) is 14.2 Å². The molecule has 0 saturated carbocycles. The van der Waals surface area contributed by atoms with Gasteiger partial charge in [-0.1, -0.05) is 18.2 Å². The Morgan fingerprint density at radius 1 is 0.969 bits per heavy atom. The summed E-state index contributed by atoms with van der Waals surface area (Å²) in [5.41, 5.74) is 16.3. The predicted octanol–water partition coefficient (Wildman–Crippen LogP) is 4.07. The molecule has 8 nitrogen and oxygen atoms in total. The number of methoxy groups -OCH3 is 2. The molecular formula is C24H23N5O3. The number of fused-ring (bicyclic) bond motifs is 2. The van der Waals surface area contributed by atoms with E-state index >= 15 is 0 Å². The van der Waals surface area contributed by atoms with Crippen LogP contribution in [0.4, 0.5) is 11.8 Å². The molecule has 162 valence electrons. The lowest BCUT2D eigenvalue weighted by Crippen LogP contribution is -2.04. The third-order valence-corrected chi connectivity index (χ3v) is 5.63. The number of para-hydroxylation sites is 1. The van der Waals surface area contributed by atoms with E-state index in [1.54, 1.807) is 20.4 Å². The number of nitrogens with zero attached hydrogens (tertiary/aromatic N) is 2. The highest BCUT2D eigenvalue weighted by atomic mass is 16.5.